The highest BCUT2D eigenvalue weighted by Crippen LogP contribution is 2.36. The molecule has 1 aliphatic heterocycles. The van der Waals surface area contributed by atoms with Gasteiger partial charge in [-0.15, -0.1) is 0 Å². The summed E-state index contributed by atoms with van der Waals surface area (Å²) in [6, 6.07) is 10.4. The Morgan fingerprint density at radius 1 is 1.15 bits per heavy atom. The number of methoxy groups -OCH3 is 2. The lowest BCUT2D eigenvalue weighted by Crippen LogP contribution is -2.46. The summed E-state index contributed by atoms with van der Waals surface area (Å²) in [5, 5.41) is 9.86. The third-order valence-electron chi connectivity index (χ3n) is 5.07. The van der Waals surface area contributed by atoms with Crippen LogP contribution in [0.25, 0.3) is 0 Å². The number of hydrogen-bond acceptors (Lipinski definition) is 5. The van der Waals surface area contributed by atoms with Crippen molar-refractivity contribution >= 4 is 0 Å². The zero-order chi connectivity index (χ0) is 19.4. The van der Waals surface area contributed by atoms with Crippen LogP contribution in [-0.2, 0) is 11.3 Å². The van der Waals surface area contributed by atoms with Crippen LogP contribution in [0.4, 0.5) is 4.39 Å². The Kier molecular flexibility index (Phi) is 6.31. The number of morpholine rings is 1. The number of aryl methyl sites for hydroxylation is 1. The molecule has 1 aliphatic rings. The van der Waals surface area contributed by atoms with Gasteiger partial charge in [-0.05, 0) is 47.9 Å². The van der Waals surface area contributed by atoms with Gasteiger partial charge in [-0.1, -0.05) is 12.1 Å². The Labute approximate surface area is 159 Å². The van der Waals surface area contributed by atoms with Crippen molar-refractivity contribution in [1.82, 2.24) is 4.90 Å². The predicted molar refractivity (Wildman–Crippen MR) is 101 cm³/mol. The van der Waals surface area contributed by atoms with Gasteiger partial charge in [0.2, 0.25) is 0 Å². The predicted octanol–water partition coefficient (Wildman–Crippen LogP) is 3.09. The Hall–Kier alpha value is -2.15. The number of aliphatic hydroxyl groups excluding tert-OH is 1. The van der Waals surface area contributed by atoms with Crippen molar-refractivity contribution in [3.05, 3.63) is 58.9 Å². The number of aliphatic hydroxyl groups is 1. The molecule has 0 aromatic heterocycles. The van der Waals surface area contributed by atoms with E-state index >= 15 is 0 Å². The van der Waals surface area contributed by atoms with Crippen LogP contribution in [0.15, 0.2) is 36.4 Å². The summed E-state index contributed by atoms with van der Waals surface area (Å²) in [5.41, 5.74) is 2.93. The second-order valence-electron chi connectivity index (χ2n) is 6.69. The van der Waals surface area contributed by atoms with E-state index < -0.39 is 0 Å². The number of nitrogens with zero attached hydrogens (tertiary/aromatic N) is 1. The molecule has 0 radical (unpaired) electrons. The van der Waals surface area contributed by atoms with E-state index in [2.05, 4.69) is 4.90 Å². The van der Waals surface area contributed by atoms with Gasteiger partial charge < -0.3 is 19.3 Å². The number of rotatable bonds is 6. The standard InChI is InChI=1S/C21H26FNO4/c1-14-4-6-17(22)10-16(14)12-23-8-9-27-20(13-24)21(23)15-5-7-18(25-2)19(11-15)26-3/h4-7,10-11,20-21,24H,8-9,12-13H2,1-3H3/t20-,21-/m1/s1. The number of halogens is 1. The molecule has 1 fully saturated rings. The van der Waals surface area contributed by atoms with E-state index in [1.54, 1.807) is 26.4 Å². The summed E-state index contributed by atoms with van der Waals surface area (Å²) in [6.07, 6.45) is -0.370. The van der Waals surface area contributed by atoms with E-state index in [0.717, 1.165) is 16.7 Å². The molecule has 0 amide bonds. The Bertz CT molecular complexity index is 783. The van der Waals surface area contributed by atoms with Crippen LogP contribution in [-0.4, -0.2) is 50.1 Å². The molecule has 27 heavy (non-hydrogen) atoms. The normalized spacial score (nSPS) is 20.5. The second kappa shape index (κ2) is 8.69. The molecule has 1 N–H and O–H groups in total. The molecule has 6 heteroatoms. The van der Waals surface area contributed by atoms with Gasteiger partial charge in [0.25, 0.3) is 0 Å². The SMILES string of the molecule is COc1ccc([C@@H]2[C@@H](CO)OCCN2Cc2cc(F)ccc2C)cc1OC. The number of ether oxygens (including phenoxy) is 3. The number of hydrogen-bond donors (Lipinski definition) is 1. The van der Waals surface area contributed by atoms with E-state index in [4.69, 9.17) is 14.2 Å². The maximum Gasteiger partial charge on any atom is 0.161 e. The molecule has 0 bridgehead atoms. The number of benzene rings is 2. The van der Waals surface area contributed by atoms with Gasteiger partial charge in [-0.25, -0.2) is 4.39 Å². The lowest BCUT2D eigenvalue weighted by molar-refractivity contribution is -0.0961. The topological polar surface area (TPSA) is 51.2 Å². The van der Waals surface area contributed by atoms with Crippen molar-refractivity contribution in [2.24, 2.45) is 0 Å². The van der Waals surface area contributed by atoms with Crippen LogP contribution >= 0.6 is 0 Å². The zero-order valence-corrected chi connectivity index (χ0v) is 15.9. The van der Waals surface area contributed by atoms with Gasteiger partial charge in [0, 0.05) is 13.1 Å². The highest BCUT2D eigenvalue weighted by Gasteiger charge is 2.34. The van der Waals surface area contributed by atoms with Crippen LogP contribution in [0.2, 0.25) is 0 Å². The van der Waals surface area contributed by atoms with Crippen LogP contribution < -0.4 is 9.47 Å². The average molecular weight is 375 g/mol. The summed E-state index contributed by atoms with van der Waals surface area (Å²) >= 11 is 0. The quantitative estimate of drug-likeness (QED) is 0.841. The molecule has 0 aliphatic carbocycles. The summed E-state index contributed by atoms with van der Waals surface area (Å²) in [6.45, 7) is 3.65. The monoisotopic (exact) mass is 375 g/mol. The summed E-state index contributed by atoms with van der Waals surface area (Å²) in [5.74, 6) is 1.02. The van der Waals surface area contributed by atoms with Gasteiger partial charge in [-0.3, -0.25) is 4.90 Å². The van der Waals surface area contributed by atoms with Crippen molar-refractivity contribution < 1.29 is 23.7 Å². The van der Waals surface area contributed by atoms with Gasteiger partial charge >= 0.3 is 0 Å². The minimum atomic E-state index is -0.370. The van der Waals surface area contributed by atoms with E-state index in [-0.39, 0.29) is 24.6 Å². The molecule has 2 aromatic rings. The molecule has 0 spiro atoms. The van der Waals surface area contributed by atoms with E-state index in [0.29, 0.717) is 31.2 Å². The average Bonchev–Trinajstić information content (AvgIpc) is 2.70. The van der Waals surface area contributed by atoms with Crippen LogP contribution in [0.1, 0.15) is 22.7 Å². The Morgan fingerprint density at radius 3 is 2.63 bits per heavy atom. The maximum atomic E-state index is 13.7. The largest absolute Gasteiger partial charge is 0.493 e. The first kappa shape index (κ1) is 19.6. The molecular formula is C21H26FNO4. The van der Waals surface area contributed by atoms with Crippen molar-refractivity contribution in [3.63, 3.8) is 0 Å². The molecule has 3 rings (SSSR count). The van der Waals surface area contributed by atoms with Crippen LogP contribution in [0, 0.1) is 12.7 Å². The highest BCUT2D eigenvalue weighted by molar-refractivity contribution is 5.44. The smallest absolute Gasteiger partial charge is 0.161 e. The second-order valence-corrected chi connectivity index (χ2v) is 6.69. The first-order valence-corrected chi connectivity index (χ1v) is 9.00. The fourth-order valence-corrected chi connectivity index (χ4v) is 3.61. The molecule has 1 heterocycles. The van der Waals surface area contributed by atoms with E-state index in [9.17, 15) is 9.50 Å². The lowest BCUT2D eigenvalue weighted by atomic mass is 9.96. The van der Waals surface area contributed by atoms with Gasteiger partial charge in [0.1, 0.15) is 11.9 Å². The molecule has 146 valence electrons. The third-order valence-corrected chi connectivity index (χ3v) is 5.07. The zero-order valence-electron chi connectivity index (χ0n) is 15.9. The summed E-state index contributed by atoms with van der Waals surface area (Å²) < 4.78 is 30.3. The molecule has 2 aromatic carbocycles. The fourth-order valence-electron chi connectivity index (χ4n) is 3.61. The first-order valence-electron chi connectivity index (χ1n) is 9.00. The minimum absolute atomic E-state index is 0.0996. The fraction of sp³-hybridized carbons (Fsp3) is 0.429. The Morgan fingerprint density at radius 2 is 1.93 bits per heavy atom. The minimum Gasteiger partial charge on any atom is -0.493 e. The first-order chi connectivity index (χ1) is 13.1. The molecule has 1 saturated heterocycles. The molecule has 0 unspecified atom stereocenters. The van der Waals surface area contributed by atoms with Gasteiger partial charge in [0.15, 0.2) is 11.5 Å². The third kappa shape index (κ3) is 4.24. The van der Waals surface area contributed by atoms with Crippen molar-refractivity contribution in [3.8, 4) is 11.5 Å². The molecule has 0 saturated carbocycles. The summed E-state index contributed by atoms with van der Waals surface area (Å²) in [7, 11) is 3.19. The van der Waals surface area contributed by atoms with Gasteiger partial charge in [0.05, 0.1) is 33.5 Å². The summed E-state index contributed by atoms with van der Waals surface area (Å²) in [4.78, 5) is 2.22. The van der Waals surface area contributed by atoms with E-state index in [1.807, 2.05) is 25.1 Å². The highest BCUT2D eigenvalue weighted by atomic mass is 19.1. The molecule has 2 atom stereocenters. The van der Waals surface area contributed by atoms with E-state index in [1.165, 1.54) is 6.07 Å². The Balaban J connectivity index is 1.95. The maximum absolute atomic E-state index is 13.7. The van der Waals surface area contributed by atoms with Crippen LogP contribution in [0.5, 0.6) is 11.5 Å². The molecule has 5 nitrogen and oxygen atoms in total. The van der Waals surface area contributed by atoms with Crippen molar-refractivity contribution in [2.45, 2.75) is 25.6 Å². The molecular weight excluding hydrogens is 349 g/mol. The van der Waals surface area contributed by atoms with Gasteiger partial charge in [-0.2, -0.15) is 0 Å². The van der Waals surface area contributed by atoms with Crippen LogP contribution in [0.3, 0.4) is 0 Å². The lowest BCUT2D eigenvalue weighted by Gasteiger charge is -2.41. The van der Waals surface area contributed by atoms with Crippen molar-refractivity contribution in [1.29, 1.82) is 0 Å². The van der Waals surface area contributed by atoms with Crippen molar-refractivity contribution in [2.75, 3.05) is 34.0 Å².